The van der Waals surface area contributed by atoms with Crippen LogP contribution >= 0.6 is 0 Å². The number of nitrogens with one attached hydrogen (secondary N) is 2. The summed E-state index contributed by atoms with van der Waals surface area (Å²) in [5.74, 6) is 0.762. The molecule has 1 unspecified atom stereocenters. The molecule has 1 aliphatic heterocycles. The van der Waals surface area contributed by atoms with Gasteiger partial charge in [0.05, 0.1) is 17.3 Å². The number of carbonyl (C=O) groups excluding carboxylic acids is 1. The van der Waals surface area contributed by atoms with E-state index >= 15 is 0 Å². The van der Waals surface area contributed by atoms with E-state index in [9.17, 15) is 4.79 Å². The Morgan fingerprint density at radius 1 is 1.37 bits per heavy atom. The number of carbonyl (C=O) groups is 1. The maximum Gasteiger partial charge on any atom is 0.246 e. The summed E-state index contributed by atoms with van der Waals surface area (Å²) in [6, 6.07) is 8.29. The minimum atomic E-state index is -0.0520. The third-order valence-corrected chi connectivity index (χ3v) is 5.69. The number of aromatic nitrogens is 2. The van der Waals surface area contributed by atoms with E-state index in [0.717, 1.165) is 41.1 Å². The SMILES string of the molecule is C=CC(=O)N1CCC(n2nc(-c3ccc(C)cc3)c(C(=N)C=C(C)CC)c2NC)C1. The Hall–Kier alpha value is -3.15. The van der Waals surface area contributed by atoms with Crippen molar-refractivity contribution in [3.8, 4) is 11.3 Å². The van der Waals surface area contributed by atoms with Gasteiger partial charge >= 0.3 is 0 Å². The van der Waals surface area contributed by atoms with E-state index in [0.29, 0.717) is 18.8 Å². The average molecular weight is 406 g/mol. The third kappa shape index (κ3) is 4.22. The van der Waals surface area contributed by atoms with E-state index in [1.54, 1.807) is 4.90 Å². The predicted molar refractivity (Wildman–Crippen MR) is 123 cm³/mol. The number of hydrogen-bond acceptors (Lipinski definition) is 4. The number of rotatable bonds is 7. The lowest BCUT2D eigenvalue weighted by molar-refractivity contribution is -0.125. The van der Waals surface area contributed by atoms with E-state index in [1.807, 2.05) is 24.7 Å². The molecule has 1 amide bonds. The summed E-state index contributed by atoms with van der Waals surface area (Å²) >= 11 is 0. The standard InChI is InChI=1S/C24H31N5O/c1-6-16(3)14-20(25)22-23(18-10-8-17(4)9-11-18)27-29(24(22)26-5)19-12-13-28(15-19)21(30)7-2/h7-11,14,19,25-26H,2,6,12-13,15H2,1,3-5H3. The molecule has 2 aromatic rings. The summed E-state index contributed by atoms with van der Waals surface area (Å²) in [5.41, 5.74) is 5.33. The number of likely N-dealkylation sites (tertiary alicyclic amines) is 1. The molecule has 1 aromatic heterocycles. The molecule has 6 nitrogen and oxygen atoms in total. The summed E-state index contributed by atoms with van der Waals surface area (Å²) in [7, 11) is 1.86. The van der Waals surface area contributed by atoms with Gasteiger partial charge < -0.3 is 15.6 Å². The van der Waals surface area contributed by atoms with Crippen molar-refractivity contribution in [2.45, 2.75) is 39.7 Å². The van der Waals surface area contributed by atoms with Gasteiger partial charge in [0.1, 0.15) is 11.5 Å². The first-order chi connectivity index (χ1) is 14.4. The molecule has 1 aromatic carbocycles. The molecule has 3 rings (SSSR count). The number of hydrogen-bond donors (Lipinski definition) is 2. The van der Waals surface area contributed by atoms with Crippen LogP contribution in [0.15, 0.2) is 48.6 Å². The molecule has 2 heterocycles. The minimum Gasteiger partial charge on any atom is -0.373 e. The highest BCUT2D eigenvalue weighted by molar-refractivity contribution is 6.14. The Labute approximate surface area is 178 Å². The van der Waals surface area contributed by atoms with Crippen molar-refractivity contribution in [1.82, 2.24) is 14.7 Å². The first kappa shape index (κ1) is 21.6. The van der Waals surface area contributed by atoms with Crippen molar-refractivity contribution in [1.29, 1.82) is 5.41 Å². The van der Waals surface area contributed by atoms with Crippen molar-refractivity contribution >= 4 is 17.4 Å². The Bertz CT molecular complexity index is 984. The second-order valence-electron chi connectivity index (χ2n) is 7.82. The number of amides is 1. The van der Waals surface area contributed by atoms with Crippen molar-refractivity contribution in [3.05, 3.63) is 59.7 Å². The highest BCUT2D eigenvalue weighted by atomic mass is 16.2. The van der Waals surface area contributed by atoms with Crippen LogP contribution in [-0.4, -0.2) is 46.4 Å². The Balaban J connectivity index is 2.11. The molecule has 0 radical (unpaired) electrons. The van der Waals surface area contributed by atoms with Crippen molar-refractivity contribution in [3.63, 3.8) is 0 Å². The van der Waals surface area contributed by atoms with Gasteiger partial charge in [0, 0.05) is 25.7 Å². The molecule has 1 fully saturated rings. The summed E-state index contributed by atoms with van der Waals surface area (Å²) in [5, 5.41) is 17.1. The van der Waals surface area contributed by atoms with Gasteiger partial charge in [-0.05, 0) is 38.8 Å². The topological polar surface area (TPSA) is 74.0 Å². The van der Waals surface area contributed by atoms with Crippen LogP contribution in [0, 0.1) is 12.3 Å². The van der Waals surface area contributed by atoms with Crippen molar-refractivity contribution in [2.75, 3.05) is 25.5 Å². The quantitative estimate of drug-likeness (QED) is 0.523. The van der Waals surface area contributed by atoms with Gasteiger partial charge in [-0.2, -0.15) is 5.10 Å². The van der Waals surface area contributed by atoms with Crippen LogP contribution in [0.4, 0.5) is 5.82 Å². The molecule has 30 heavy (non-hydrogen) atoms. The zero-order valence-electron chi connectivity index (χ0n) is 18.3. The lowest BCUT2D eigenvalue weighted by atomic mass is 10.0. The normalized spacial score (nSPS) is 16.6. The van der Waals surface area contributed by atoms with Crippen LogP contribution in [0.25, 0.3) is 11.3 Å². The second-order valence-corrected chi connectivity index (χ2v) is 7.82. The fraction of sp³-hybridized carbons (Fsp3) is 0.375. The van der Waals surface area contributed by atoms with Crippen molar-refractivity contribution in [2.24, 2.45) is 0 Å². The first-order valence-electron chi connectivity index (χ1n) is 10.4. The number of aryl methyl sites for hydroxylation is 1. The second kappa shape index (κ2) is 9.11. The Morgan fingerprint density at radius 2 is 2.07 bits per heavy atom. The lowest BCUT2D eigenvalue weighted by Crippen LogP contribution is -2.27. The maximum absolute atomic E-state index is 12.1. The highest BCUT2D eigenvalue weighted by Crippen LogP contribution is 2.34. The lowest BCUT2D eigenvalue weighted by Gasteiger charge is -2.17. The number of allylic oxidation sites excluding steroid dienone is 2. The van der Waals surface area contributed by atoms with Crippen LogP contribution in [0.1, 0.15) is 43.9 Å². The molecule has 6 heteroatoms. The van der Waals surface area contributed by atoms with Gasteiger partial charge in [0.15, 0.2) is 0 Å². The molecule has 0 aliphatic carbocycles. The first-order valence-corrected chi connectivity index (χ1v) is 10.4. The molecule has 1 aliphatic rings. The summed E-state index contributed by atoms with van der Waals surface area (Å²) in [6.07, 6.45) is 5.00. The van der Waals surface area contributed by atoms with Gasteiger partial charge in [-0.15, -0.1) is 0 Å². The Morgan fingerprint density at radius 3 is 2.67 bits per heavy atom. The molecular formula is C24H31N5O. The smallest absolute Gasteiger partial charge is 0.246 e. The van der Waals surface area contributed by atoms with Gasteiger partial charge in [-0.3, -0.25) is 4.79 Å². The third-order valence-electron chi connectivity index (χ3n) is 5.69. The maximum atomic E-state index is 12.1. The minimum absolute atomic E-state index is 0.0520. The molecule has 1 saturated heterocycles. The van der Waals surface area contributed by atoms with Crippen LogP contribution < -0.4 is 5.32 Å². The van der Waals surface area contributed by atoms with E-state index in [4.69, 9.17) is 10.5 Å². The van der Waals surface area contributed by atoms with E-state index < -0.39 is 0 Å². The van der Waals surface area contributed by atoms with Crippen LogP contribution in [0.2, 0.25) is 0 Å². The van der Waals surface area contributed by atoms with Crippen LogP contribution in [0.5, 0.6) is 0 Å². The van der Waals surface area contributed by atoms with E-state index in [2.05, 4.69) is 50.0 Å². The van der Waals surface area contributed by atoms with Gasteiger partial charge in [0.25, 0.3) is 0 Å². The van der Waals surface area contributed by atoms with Crippen LogP contribution in [0.3, 0.4) is 0 Å². The molecule has 158 valence electrons. The Kier molecular flexibility index (Phi) is 6.55. The molecule has 0 bridgehead atoms. The van der Waals surface area contributed by atoms with Gasteiger partial charge in [-0.1, -0.05) is 48.9 Å². The highest BCUT2D eigenvalue weighted by Gasteiger charge is 2.31. The fourth-order valence-corrected chi connectivity index (χ4v) is 3.80. The van der Waals surface area contributed by atoms with Gasteiger partial charge in [-0.25, -0.2) is 4.68 Å². The molecule has 1 atom stereocenters. The van der Waals surface area contributed by atoms with Crippen LogP contribution in [-0.2, 0) is 4.79 Å². The molecule has 2 N–H and O–H groups in total. The number of benzene rings is 1. The monoisotopic (exact) mass is 405 g/mol. The van der Waals surface area contributed by atoms with Crippen molar-refractivity contribution < 1.29 is 4.79 Å². The number of anilines is 1. The van der Waals surface area contributed by atoms with E-state index in [1.165, 1.54) is 11.6 Å². The molecule has 0 saturated carbocycles. The molecular weight excluding hydrogens is 374 g/mol. The zero-order chi connectivity index (χ0) is 21.8. The molecule has 0 spiro atoms. The average Bonchev–Trinajstić information content (AvgIpc) is 3.38. The summed E-state index contributed by atoms with van der Waals surface area (Å²) in [6.45, 7) is 11.1. The summed E-state index contributed by atoms with van der Waals surface area (Å²) in [4.78, 5) is 13.9. The number of nitrogens with zero attached hydrogens (tertiary/aromatic N) is 3. The summed E-state index contributed by atoms with van der Waals surface area (Å²) < 4.78 is 1.96. The fourth-order valence-electron chi connectivity index (χ4n) is 3.80. The van der Waals surface area contributed by atoms with E-state index in [-0.39, 0.29) is 11.9 Å². The largest absolute Gasteiger partial charge is 0.373 e. The van der Waals surface area contributed by atoms with Gasteiger partial charge in [0.2, 0.25) is 5.91 Å². The zero-order valence-corrected chi connectivity index (χ0v) is 18.3. The predicted octanol–water partition coefficient (Wildman–Crippen LogP) is 4.58.